The lowest BCUT2D eigenvalue weighted by atomic mass is 9.73. The Morgan fingerprint density at radius 3 is 2.19 bits per heavy atom. The first-order valence-electron chi connectivity index (χ1n) is 11.5. The zero-order valence-electron chi connectivity index (χ0n) is 17.6. The van der Waals surface area contributed by atoms with Gasteiger partial charge >= 0.3 is 0 Å². The maximum Gasteiger partial charge on any atom is 0.187 e. The molecule has 2 heterocycles. The molecule has 4 aliphatic rings. The smallest absolute Gasteiger partial charge is 0.187 e. The second-order valence-electron chi connectivity index (χ2n) is 9.74. The number of aliphatic hydroxyl groups is 9. The maximum atomic E-state index is 10.5. The highest BCUT2D eigenvalue weighted by atomic mass is 16.7. The second-order valence-corrected chi connectivity index (χ2v) is 9.74. The maximum absolute atomic E-state index is 10.5. The average Bonchev–Trinajstić information content (AvgIpc) is 2.74. The lowest BCUT2D eigenvalue weighted by Gasteiger charge is -2.48. The molecule has 2 aliphatic heterocycles. The first kappa shape index (κ1) is 23.7. The first-order valence-corrected chi connectivity index (χ1v) is 11.5. The monoisotopic (exact) mass is 449 g/mol. The van der Waals surface area contributed by atoms with E-state index in [1.807, 2.05) is 0 Å². The van der Waals surface area contributed by atoms with Crippen LogP contribution in [0.3, 0.4) is 0 Å². The van der Waals surface area contributed by atoms with Crippen molar-refractivity contribution in [3.05, 3.63) is 0 Å². The molecule has 10 nitrogen and oxygen atoms in total. The van der Waals surface area contributed by atoms with Gasteiger partial charge in [-0.25, -0.2) is 0 Å². The molecule has 2 aliphatic carbocycles. The third kappa shape index (κ3) is 4.93. The second kappa shape index (κ2) is 9.84. The molecule has 0 aromatic rings. The quantitative estimate of drug-likeness (QED) is 0.229. The fourth-order valence-electron chi connectivity index (χ4n) is 5.83. The topological polar surface area (TPSA) is 173 Å². The van der Waals surface area contributed by atoms with E-state index < -0.39 is 55.6 Å². The van der Waals surface area contributed by atoms with Gasteiger partial charge in [0.25, 0.3) is 0 Å². The van der Waals surface area contributed by atoms with Gasteiger partial charge in [0.05, 0.1) is 30.8 Å². The molecular weight excluding hydrogens is 412 g/mol. The van der Waals surface area contributed by atoms with Crippen molar-refractivity contribution in [3.63, 3.8) is 0 Å². The Hall–Kier alpha value is -0.400. The summed E-state index contributed by atoms with van der Waals surface area (Å²) in [5.41, 5.74) is 0. The van der Waals surface area contributed by atoms with Gasteiger partial charge in [0, 0.05) is 18.8 Å². The summed E-state index contributed by atoms with van der Waals surface area (Å²) < 4.78 is 16.7. The summed E-state index contributed by atoms with van der Waals surface area (Å²) in [6.07, 6.45) is -5.29. The molecule has 8 N–H and O–H groups in total. The fourth-order valence-corrected chi connectivity index (χ4v) is 5.83. The molecule has 0 aromatic heterocycles. The Balaban J connectivity index is 1.52. The number of ether oxygens (including phenoxy) is 3. The van der Waals surface area contributed by atoms with Crippen molar-refractivity contribution in [2.75, 3.05) is 6.61 Å². The minimum Gasteiger partial charge on any atom is -0.427 e. The Morgan fingerprint density at radius 2 is 1.52 bits per heavy atom. The van der Waals surface area contributed by atoms with E-state index in [9.17, 15) is 35.7 Å². The molecule has 0 radical (unpaired) electrons. The van der Waals surface area contributed by atoms with Crippen LogP contribution in [0.5, 0.6) is 0 Å². The molecule has 31 heavy (non-hydrogen) atoms. The summed E-state index contributed by atoms with van der Waals surface area (Å²) in [5.74, 6) is -0.0424. The average molecular weight is 450 g/mol. The summed E-state index contributed by atoms with van der Waals surface area (Å²) >= 11 is 0. The van der Waals surface area contributed by atoms with Crippen LogP contribution in [0.4, 0.5) is 0 Å². The number of aliphatic hydroxyl groups excluding tert-OH is 7. The van der Waals surface area contributed by atoms with E-state index in [4.69, 9.17) is 14.2 Å². The highest BCUT2D eigenvalue weighted by Gasteiger charge is 2.54. The normalized spacial score (nSPS) is 53.7. The molecule has 0 amide bonds. The summed E-state index contributed by atoms with van der Waals surface area (Å²) in [5, 5.41) is 70.6. The Bertz CT molecular complexity index is 583. The number of fused-ring (bicyclic) bond motifs is 1. The van der Waals surface area contributed by atoms with Crippen LogP contribution in [0.1, 0.15) is 44.9 Å². The van der Waals surface area contributed by atoms with Crippen LogP contribution >= 0.6 is 0 Å². The van der Waals surface area contributed by atoms with Crippen LogP contribution in [0.25, 0.3) is 0 Å². The van der Waals surface area contributed by atoms with Gasteiger partial charge in [-0.3, -0.25) is 0 Å². The summed E-state index contributed by atoms with van der Waals surface area (Å²) in [6, 6.07) is 0. The molecule has 0 bridgehead atoms. The molecular formula is C21H37O10+. The van der Waals surface area contributed by atoms with E-state index >= 15 is 0 Å². The third-order valence-corrected chi connectivity index (χ3v) is 7.65. The predicted octanol–water partition coefficient (Wildman–Crippen LogP) is -2.48. The van der Waals surface area contributed by atoms with Crippen molar-refractivity contribution in [2.24, 2.45) is 11.8 Å². The van der Waals surface area contributed by atoms with E-state index in [0.717, 1.165) is 12.8 Å². The highest BCUT2D eigenvalue weighted by Crippen LogP contribution is 2.42. The van der Waals surface area contributed by atoms with Gasteiger partial charge in [-0.2, -0.15) is 0 Å². The van der Waals surface area contributed by atoms with E-state index in [1.54, 1.807) is 0 Å². The standard InChI is InChI=1S/C21H36O10/c22-8-16-17(26)18(27)19(28)21(31-16)30-15-7-12-13(25)5-11(24)6-14(12)29-20(15)9-1-3-10(23)4-2-9/h9-28H,1-8H2/p+1. The lowest BCUT2D eigenvalue weighted by Crippen LogP contribution is -2.62. The molecule has 0 aromatic carbocycles. The SMILES string of the molecule is OCC1OC(OC2CC3C(O)CC(O)CC3[OH+]C2C2CCC(O)CC2)C(O)C(O)C1O. The Morgan fingerprint density at radius 1 is 0.806 bits per heavy atom. The minimum atomic E-state index is -1.53. The van der Waals surface area contributed by atoms with Crippen molar-refractivity contribution < 1.29 is 50.0 Å². The number of rotatable bonds is 4. The third-order valence-electron chi connectivity index (χ3n) is 7.65. The van der Waals surface area contributed by atoms with Crippen molar-refractivity contribution in [1.29, 1.82) is 0 Å². The van der Waals surface area contributed by atoms with E-state index in [2.05, 4.69) is 0 Å². The summed E-state index contributed by atoms with van der Waals surface area (Å²) in [4.78, 5) is 0. The molecule has 2 saturated heterocycles. The first-order chi connectivity index (χ1) is 14.8. The van der Waals surface area contributed by atoms with Gasteiger partial charge in [-0.05, 0) is 32.1 Å². The predicted molar refractivity (Wildman–Crippen MR) is 106 cm³/mol. The van der Waals surface area contributed by atoms with Crippen molar-refractivity contribution in [2.45, 2.75) is 112 Å². The van der Waals surface area contributed by atoms with Gasteiger partial charge in [-0.15, -0.1) is 0 Å². The van der Waals surface area contributed by atoms with Crippen molar-refractivity contribution >= 4 is 0 Å². The molecule has 11 atom stereocenters. The molecule has 4 rings (SSSR count). The van der Waals surface area contributed by atoms with Gasteiger partial charge in [0.1, 0.15) is 30.5 Å². The molecule has 0 spiro atoms. The molecule has 180 valence electrons. The van der Waals surface area contributed by atoms with E-state index in [-0.39, 0.29) is 36.6 Å². The largest absolute Gasteiger partial charge is 0.427 e. The fraction of sp³-hybridized carbons (Fsp3) is 1.00. The molecule has 4 fully saturated rings. The number of hydrogen-bond acceptors (Lipinski definition) is 9. The van der Waals surface area contributed by atoms with E-state index in [0.29, 0.717) is 25.7 Å². The van der Waals surface area contributed by atoms with E-state index in [1.165, 1.54) is 0 Å². The van der Waals surface area contributed by atoms with Crippen LogP contribution in [0.2, 0.25) is 0 Å². The Labute approximate surface area is 181 Å². The number of hydrogen-bond donors (Lipinski definition) is 7. The summed E-state index contributed by atoms with van der Waals surface area (Å²) in [6.45, 7) is -0.537. The zero-order valence-corrected chi connectivity index (χ0v) is 17.6. The highest BCUT2D eigenvalue weighted by molar-refractivity contribution is 4.97. The van der Waals surface area contributed by atoms with Crippen molar-refractivity contribution in [3.8, 4) is 0 Å². The van der Waals surface area contributed by atoms with Crippen LogP contribution in [-0.2, 0) is 9.47 Å². The van der Waals surface area contributed by atoms with Crippen LogP contribution in [0, 0.1) is 11.8 Å². The van der Waals surface area contributed by atoms with Gasteiger partial charge in [0.15, 0.2) is 18.5 Å². The Kier molecular flexibility index (Phi) is 7.54. The van der Waals surface area contributed by atoms with Crippen LogP contribution in [0.15, 0.2) is 0 Å². The molecule has 11 unspecified atom stereocenters. The van der Waals surface area contributed by atoms with Crippen LogP contribution < -0.4 is 0 Å². The lowest BCUT2D eigenvalue weighted by molar-refractivity contribution is -0.355. The minimum absolute atomic E-state index is 0.149. The zero-order chi connectivity index (χ0) is 22.3. The van der Waals surface area contributed by atoms with Crippen LogP contribution in [-0.4, -0.2) is 114 Å². The molecule has 10 heteroatoms. The van der Waals surface area contributed by atoms with Gasteiger partial charge < -0.3 is 50.0 Å². The molecule has 2 saturated carbocycles. The van der Waals surface area contributed by atoms with Gasteiger partial charge in [0.2, 0.25) is 0 Å². The van der Waals surface area contributed by atoms with Gasteiger partial charge in [-0.1, -0.05) is 0 Å². The summed E-state index contributed by atoms with van der Waals surface area (Å²) in [7, 11) is 0. The van der Waals surface area contributed by atoms with Crippen molar-refractivity contribution in [1.82, 2.24) is 0 Å².